The second kappa shape index (κ2) is 6.99. The van der Waals surface area contributed by atoms with Gasteiger partial charge in [-0.05, 0) is 17.5 Å². The summed E-state index contributed by atoms with van der Waals surface area (Å²) in [6.07, 6.45) is 6.10. The average Bonchev–Trinajstić information content (AvgIpc) is 2.31. The number of amides is 1. The van der Waals surface area contributed by atoms with Crippen molar-refractivity contribution in [1.29, 1.82) is 0 Å². The molecule has 88 valence electrons. The Morgan fingerprint density at radius 3 is 2.75 bits per heavy atom. The molecule has 0 spiro atoms. The number of carbonyl (C=O) groups excluding carboxylic acids is 1. The number of nitrogens with zero attached hydrogens (tertiary/aromatic N) is 1. The molecule has 16 heavy (non-hydrogen) atoms. The quantitative estimate of drug-likeness (QED) is 0.798. The maximum absolute atomic E-state index is 11.6. The molecule has 1 N–H and O–H groups in total. The monoisotopic (exact) mass is 220 g/mol. The summed E-state index contributed by atoms with van der Waals surface area (Å²) in [5.74, 6) is 0.678. The minimum atomic E-state index is 0.0832. The van der Waals surface area contributed by atoms with Crippen LogP contribution in [0.1, 0.15) is 32.3 Å². The van der Waals surface area contributed by atoms with E-state index in [9.17, 15) is 4.79 Å². The fourth-order valence-electron chi connectivity index (χ4n) is 1.59. The van der Waals surface area contributed by atoms with Crippen LogP contribution in [0.3, 0.4) is 0 Å². The third-order valence-electron chi connectivity index (χ3n) is 2.83. The van der Waals surface area contributed by atoms with Gasteiger partial charge >= 0.3 is 0 Å². The highest BCUT2D eigenvalue weighted by Gasteiger charge is 2.07. The molecule has 3 heteroatoms. The van der Waals surface area contributed by atoms with E-state index in [1.807, 2.05) is 12.1 Å². The first-order valence-electron chi connectivity index (χ1n) is 5.91. The van der Waals surface area contributed by atoms with Gasteiger partial charge in [0.25, 0.3) is 0 Å². The van der Waals surface area contributed by atoms with Crippen LogP contribution in [0.15, 0.2) is 24.5 Å². The Kier molecular flexibility index (Phi) is 5.54. The van der Waals surface area contributed by atoms with E-state index >= 15 is 0 Å². The van der Waals surface area contributed by atoms with Gasteiger partial charge in [-0.3, -0.25) is 9.78 Å². The van der Waals surface area contributed by atoms with Crippen LogP contribution in [-0.2, 0) is 11.2 Å². The zero-order chi connectivity index (χ0) is 11.8. The largest absolute Gasteiger partial charge is 0.356 e. The Hall–Kier alpha value is -1.38. The standard InChI is InChI=1S/C13H20N2O/c1-3-11(4-2)10-15-13(16)8-12-6-5-7-14-9-12/h5-7,9,11H,3-4,8,10H2,1-2H3,(H,15,16). The minimum absolute atomic E-state index is 0.0832. The van der Waals surface area contributed by atoms with Crippen LogP contribution in [0.4, 0.5) is 0 Å². The predicted molar refractivity (Wildman–Crippen MR) is 65.0 cm³/mol. The number of rotatable bonds is 6. The molecule has 0 aliphatic rings. The summed E-state index contributed by atoms with van der Waals surface area (Å²) in [7, 11) is 0. The highest BCUT2D eigenvalue weighted by molar-refractivity contribution is 5.78. The van der Waals surface area contributed by atoms with E-state index in [1.165, 1.54) is 0 Å². The molecule has 0 radical (unpaired) electrons. The minimum Gasteiger partial charge on any atom is -0.356 e. The molecular formula is C13H20N2O. The Morgan fingerprint density at radius 2 is 2.19 bits per heavy atom. The van der Waals surface area contributed by atoms with E-state index in [4.69, 9.17) is 0 Å². The van der Waals surface area contributed by atoms with Crippen LogP contribution in [0, 0.1) is 5.92 Å². The van der Waals surface area contributed by atoms with E-state index in [-0.39, 0.29) is 5.91 Å². The normalized spacial score (nSPS) is 10.4. The van der Waals surface area contributed by atoms with Crippen LogP contribution >= 0.6 is 0 Å². The molecule has 1 rings (SSSR count). The summed E-state index contributed by atoms with van der Waals surface area (Å²) < 4.78 is 0. The summed E-state index contributed by atoms with van der Waals surface area (Å²) in [6, 6.07) is 3.77. The number of nitrogens with one attached hydrogen (secondary N) is 1. The van der Waals surface area contributed by atoms with E-state index in [1.54, 1.807) is 12.4 Å². The topological polar surface area (TPSA) is 42.0 Å². The van der Waals surface area contributed by atoms with Crippen molar-refractivity contribution < 1.29 is 4.79 Å². The van der Waals surface area contributed by atoms with Gasteiger partial charge in [0.05, 0.1) is 6.42 Å². The Labute approximate surface area is 97.3 Å². The Morgan fingerprint density at radius 1 is 1.44 bits per heavy atom. The molecule has 0 saturated carbocycles. The average molecular weight is 220 g/mol. The van der Waals surface area contributed by atoms with Gasteiger partial charge in [0.15, 0.2) is 0 Å². The van der Waals surface area contributed by atoms with Crippen molar-refractivity contribution in [2.24, 2.45) is 5.92 Å². The molecular weight excluding hydrogens is 200 g/mol. The van der Waals surface area contributed by atoms with E-state index in [0.29, 0.717) is 12.3 Å². The maximum Gasteiger partial charge on any atom is 0.224 e. The van der Waals surface area contributed by atoms with Crippen LogP contribution in [0.5, 0.6) is 0 Å². The van der Waals surface area contributed by atoms with Gasteiger partial charge in [-0.1, -0.05) is 32.8 Å². The fourth-order valence-corrected chi connectivity index (χ4v) is 1.59. The molecule has 3 nitrogen and oxygen atoms in total. The second-order valence-electron chi connectivity index (χ2n) is 4.02. The van der Waals surface area contributed by atoms with Gasteiger partial charge in [-0.15, -0.1) is 0 Å². The smallest absolute Gasteiger partial charge is 0.224 e. The van der Waals surface area contributed by atoms with Crippen LogP contribution in [0.2, 0.25) is 0 Å². The van der Waals surface area contributed by atoms with Gasteiger partial charge < -0.3 is 5.32 Å². The highest BCUT2D eigenvalue weighted by Crippen LogP contribution is 2.05. The SMILES string of the molecule is CCC(CC)CNC(=O)Cc1cccnc1. The third-order valence-corrected chi connectivity index (χ3v) is 2.83. The van der Waals surface area contributed by atoms with Gasteiger partial charge in [0.1, 0.15) is 0 Å². The second-order valence-corrected chi connectivity index (χ2v) is 4.02. The summed E-state index contributed by atoms with van der Waals surface area (Å²) in [5.41, 5.74) is 0.963. The molecule has 0 saturated heterocycles. The van der Waals surface area contributed by atoms with Crippen molar-refractivity contribution in [3.05, 3.63) is 30.1 Å². The lowest BCUT2D eigenvalue weighted by Crippen LogP contribution is -2.30. The van der Waals surface area contributed by atoms with E-state index < -0.39 is 0 Å². The maximum atomic E-state index is 11.6. The van der Waals surface area contributed by atoms with Gasteiger partial charge in [-0.2, -0.15) is 0 Å². The first-order chi connectivity index (χ1) is 7.76. The van der Waals surface area contributed by atoms with Crippen molar-refractivity contribution in [3.63, 3.8) is 0 Å². The predicted octanol–water partition coefficient (Wildman–Crippen LogP) is 2.18. The van der Waals surface area contributed by atoms with E-state index in [2.05, 4.69) is 24.1 Å². The fraction of sp³-hybridized carbons (Fsp3) is 0.538. The van der Waals surface area contributed by atoms with Crippen LogP contribution in [-0.4, -0.2) is 17.4 Å². The Bertz CT molecular complexity index is 307. The molecule has 0 atom stereocenters. The number of aromatic nitrogens is 1. The van der Waals surface area contributed by atoms with Crippen molar-refractivity contribution in [2.75, 3.05) is 6.54 Å². The molecule has 0 fully saturated rings. The molecule has 1 amide bonds. The Balaban J connectivity index is 2.31. The van der Waals surface area contributed by atoms with Gasteiger partial charge in [0, 0.05) is 18.9 Å². The summed E-state index contributed by atoms with van der Waals surface area (Å²) in [4.78, 5) is 15.6. The molecule has 1 aromatic heterocycles. The third kappa shape index (κ3) is 4.43. The molecule has 0 bridgehead atoms. The van der Waals surface area contributed by atoms with Crippen molar-refractivity contribution in [3.8, 4) is 0 Å². The number of hydrogen-bond donors (Lipinski definition) is 1. The van der Waals surface area contributed by atoms with Crippen molar-refractivity contribution in [1.82, 2.24) is 10.3 Å². The van der Waals surface area contributed by atoms with Gasteiger partial charge in [0.2, 0.25) is 5.91 Å². The lowest BCUT2D eigenvalue weighted by atomic mass is 10.0. The molecule has 0 aliphatic carbocycles. The van der Waals surface area contributed by atoms with Crippen molar-refractivity contribution in [2.45, 2.75) is 33.1 Å². The number of pyridine rings is 1. The summed E-state index contributed by atoms with van der Waals surface area (Å²) >= 11 is 0. The zero-order valence-corrected chi connectivity index (χ0v) is 10.1. The molecule has 0 aliphatic heterocycles. The van der Waals surface area contributed by atoms with Crippen LogP contribution in [0.25, 0.3) is 0 Å². The highest BCUT2D eigenvalue weighted by atomic mass is 16.1. The van der Waals surface area contributed by atoms with E-state index in [0.717, 1.165) is 24.9 Å². The van der Waals surface area contributed by atoms with Gasteiger partial charge in [-0.25, -0.2) is 0 Å². The number of carbonyl (C=O) groups is 1. The summed E-state index contributed by atoms with van der Waals surface area (Å²) in [5, 5.41) is 2.97. The van der Waals surface area contributed by atoms with Crippen molar-refractivity contribution >= 4 is 5.91 Å². The molecule has 1 aromatic rings. The lowest BCUT2D eigenvalue weighted by Gasteiger charge is -2.13. The lowest BCUT2D eigenvalue weighted by molar-refractivity contribution is -0.120. The number of hydrogen-bond acceptors (Lipinski definition) is 2. The summed E-state index contributed by atoms with van der Waals surface area (Å²) in [6.45, 7) is 5.09. The molecule has 0 unspecified atom stereocenters. The molecule has 0 aromatic carbocycles. The zero-order valence-electron chi connectivity index (χ0n) is 10.1. The first-order valence-corrected chi connectivity index (χ1v) is 5.91. The first kappa shape index (κ1) is 12.7. The molecule has 1 heterocycles. The van der Waals surface area contributed by atoms with Crippen LogP contribution < -0.4 is 5.32 Å².